The lowest BCUT2D eigenvalue weighted by atomic mass is 9.90. The molecule has 21 heavy (non-hydrogen) atoms. The Kier molecular flexibility index (Phi) is 4.26. The lowest BCUT2D eigenvalue weighted by Crippen LogP contribution is -2.13. The van der Waals surface area contributed by atoms with E-state index in [1.165, 1.54) is 24.0 Å². The molecule has 1 aliphatic rings. The van der Waals surface area contributed by atoms with Crippen molar-refractivity contribution < 1.29 is 9.53 Å². The topological polar surface area (TPSA) is 26.3 Å². The summed E-state index contributed by atoms with van der Waals surface area (Å²) in [5, 5.41) is 0.656. The number of hydrogen-bond acceptors (Lipinski definition) is 2. The molecule has 1 aliphatic carbocycles. The molecule has 3 heteroatoms. The van der Waals surface area contributed by atoms with Crippen molar-refractivity contribution in [3.8, 4) is 5.75 Å². The molecule has 0 heterocycles. The van der Waals surface area contributed by atoms with Gasteiger partial charge in [-0.15, -0.1) is 0 Å². The van der Waals surface area contributed by atoms with E-state index in [0.29, 0.717) is 10.8 Å². The fourth-order valence-corrected chi connectivity index (χ4v) is 2.80. The molecule has 0 atom stereocenters. The van der Waals surface area contributed by atoms with Crippen LogP contribution in [0.2, 0.25) is 5.02 Å². The number of Topliss-reactive ketones (excluding diaryl/α,β-unsaturated/α-hetero) is 1. The van der Waals surface area contributed by atoms with E-state index in [2.05, 4.69) is 6.07 Å². The number of carbonyl (C=O) groups is 1. The molecule has 0 aromatic heterocycles. The molecule has 0 spiro atoms. The van der Waals surface area contributed by atoms with Gasteiger partial charge in [0.15, 0.2) is 12.4 Å². The summed E-state index contributed by atoms with van der Waals surface area (Å²) in [5.74, 6) is 0.670. The predicted octanol–water partition coefficient (Wildman–Crippen LogP) is 4.48. The van der Waals surface area contributed by atoms with Crippen LogP contribution in [0, 0.1) is 0 Å². The highest BCUT2D eigenvalue weighted by atomic mass is 35.5. The molecule has 0 aliphatic heterocycles. The zero-order chi connectivity index (χ0) is 14.7. The van der Waals surface area contributed by atoms with Crippen molar-refractivity contribution >= 4 is 17.4 Å². The molecule has 2 aromatic carbocycles. The predicted molar refractivity (Wildman–Crippen MR) is 84.4 cm³/mol. The van der Waals surface area contributed by atoms with Crippen molar-refractivity contribution in [2.45, 2.75) is 25.7 Å². The van der Waals surface area contributed by atoms with Gasteiger partial charge in [0.05, 0.1) is 0 Å². The second kappa shape index (κ2) is 6.31. The van der Waals surface area contributed by atoms with Crippen LogP contribution >= 0.6 is 11.6 Å². The zero-order valence-corrected chi connectivity index (χ0v) is 12.5. The molecule has 2 aromatic rings. The Balaban J connectivity index is 1.66. The first-order chi connectivity index (χ1) is 10.2. The first kappa shape index (κ1) is 14.2. The smallest absolute Gasteiger partial charge is 0.200 e. The monoisotopic (exact) mass is 300 g/mol. The highest BCUT2D eigenvalue weighted by molar-refractivity contribution is 6.30. The minimum atomic E-state index is 0.0123. The average Bonchev–Trinajstić information content (AvgIpc) is 2.53. The molecule has 0 fully saturated rings. The summed E-state index contributed by atoms with van der Waals surface area (Å²) in [6.45, 7) is 0.0560. The summed E-state index contributed by atoms with van der Waals surface area (Å²) in [4.78, 5) is 12.2. The second-order valence-corrected chi connectivity index (χ2v) is 5.79. The molecule has 0 N–H and O–H groups in total. The lowest BCUT2D eigenvalue weighted by molar-refractivity contribution is 0.0921. The van der Waals surface area contributed by atoms with Crippen LogP contribution in [0.1, 0.15) is 34.3 Å². The van der Waals surface area contributed by atoms with Crippen molar-refractivity contribution in [2.75, 3.05) is 6.61 Å². The Morgan fingerprint density at radius 1 is 1.00 bits per heavy atom. The molecule has 0 bridgehead atoms. The minimum absolute atomic E-state index is 0.0123. The van der Waals surface area contributed by atoms with Gasteiger partial charge in [-0.25, -0.2) is 0 Å². The number of hydrogen-bond donors (Lipinski definition) is 0. The SMILES string of the molecule is O=C(COc1ccc(Cl)cc1)c1ccc2c(c1)CCCC2. The summed E-state index contributed by atoms with van der Waals surface area (Å²) >= 11 is 5.82. The van der Waals surface area contributed by atoms with Crippen LogP contribution < -0.4 is 4.74 Å². The van der Waals surface area contributed by atoms with Crippen LogP contribution in [0.25, 0.3) is 0 Å². The van der Waals surface area contributed by atoms with Crippen LogP contribution in [0.15, 0.2) is 42.5 Å². The van der Waals surface area contributed by atoms with Gasteiger partial charge in [-0.3, -0.25) is 4.79 Å². The van der Waals surface area contributed by atoms with E-state index in [4.69, 9.17) is 16.3 Å². The van der Waals surface area contributed by atoms with E-state index >= 15 is 0 Å². The summed E-state index contributed by atoms with van der Waals surface area (Å²) in [6.07, 6.45) is 4.67. The molecular weight excluding hydrogens is 284 g/mol. The molecule has 3 rings (SSSR count). The van der Waals surface area contributed by atoms with Gasteiger partial charge < -0.3 is 4.74 Å². The van der Waals surface area contributed by atoms with E-state index in [9.17, 15) is 4.79 Å². The van der Waals surface area contributed by atoms with Crippen LogP contribution in [0.3, 0.4) is 0 Å². The number of ketones is 1. The van der Waals surface area contributed by atoms with Crippen molar-refractivity contribution in [3.63, 3.8) is 0 Å². The maximum Gasteiger partial charge on any atom is 0.200 e. The third-order valence-electron chi connectivity index (χ3n) is 3.85. The average molecular weight is 301 g/mol. The molecule has 0 radical (unpaired) electrons. The molecular formula is C18H17ClO2. The molecule has 108 valence electrons. The van der Waals surface area contributed by atoms with E-state index in [1.54, 1.807) is 24.3 Å². The fourth-order valence-electron chi connectivity index (χ4n) is 2.67. The number of benzene rings is 2. The van der Waals surface area contributed by atoms with Crippen molar-refractivity contribution in [3.05, 3.63) is 64.2 Å². The van der Waals surface area contributed by atoms with Crippen LogP contribution in [0.4, 0.5) is 0 Å². The Morgan fingerprint density at radius 2 is 1.71 bits per heavy atom. The van der Waals surface area contributed by atoms with E-state index in [-0.39, 0.29) is 12.4 Å². The van der Waals surface area contributed by atoms with Gasteiger partial charge in [-0.1, -0.05) is 23.7 Å². The first-order valence-corrected chi connectivity index (χ1v) is 7.63. The van der Waals surface area contributed by atoms with Crippen molar-refractivity contribution in [1.82, 2.24) is 0 Å². The number of rotatable bonds is 4. The summed E-state index contributed by atoms with van der Waals surface area (Å²) in [6, 6.07) is 13.1. The number of aryl methyl sites for hydroxylation is 2. The Labute approximate surface area is 129 Å². The van der Waals surface area contributed by atoms with E-state index in [1.807, 2.05) is 12.1 Å². The maximum absolute atomic E-state index is 12.2. The van der Waals surface area contributed by atoms with E-state index in [0.717, 1.165) is 18.4 Å². The Morgan fingerprint density at radius 3 is 2.48 bits per heavy atom. The largest absolute Gasteiger partial charge is 0.485 e. The summed E-state index contributed by atoms with van der Waals surface area (Å²) in [7, 11) is 0. The number of fused-ring (bicyclic) bond motifs is 1. The molecule has 0 amide bonds. The standard InChI is InChI=1S/C18H17ClO2/c19-16-7-9-17(10-8-16)21-12-18(20)15-6-5-13-3-1-2-4-14(13)11-15/h5-11H,1-4,12H2. The van der Waals surface area contributed by atoms with Gasteiger partial charge in [-0.05, 0) is 67.1 Å². The van der Waals surface area contributed by atoms with Crippen LogP contribution in [-0.2, 0) is 12.8 Å². The summed E-state index contributed by atoms with van der Waals surface area (Å²) < 4.78 is 5.51. The van der Waals surface area contributed by atoms with Gasteiger partial charge >= 0.3 is 0 Å². The van der Waals surface area contributed by atoms with Gasteiger partial charge in [0.25, 0.3) is 0 Å². The van der Waals surface area contributed by atoms with Gasteiger partial charge in [0, 0.05) is 10.6 Å². The Hall–Kier alpha value is -1.80. The maximum atomic E-state index is 12.2. The molecule has 0 saturated heterocycles. The quantitative estimate of drug-likeness (QED) is 0.778. The highest BCUT2D eigenvalue weighted by Crippen LogP contribution is 2.22. The zero-order valence-electron chi connectivity index (χ0n) is 11.8. The molecule has 0 unspecified atom stereocenters. The molecule has 2 nitrogen and oxygen atoms in total. The fraction of sp³-hybridized carbons (Fsp3) is 0.278. The van der Waals surface area contributed by atoms with Crippen molar-refractivity contribution in [1.29, 1.82) is 0 Å². The number of carbonyl (C=O) groups excluding carboxylic acids is 1. The molecule has 0 saturated carbocycles. The number of ether oxygens (including phenoxy) is 1. The highest BCUT2D eigenvalue weighted by Gasteiger charge is 2.13. The lowest BCUT2D eigenvalue weighted by Gasteiger charge is -2.16. The third kappa shape index (κ3) is 3.45. The Bertz CT molecular complexity index is 647. The normalized spacial score (nSPS) is 13.6. The van der Waals surface area contributed by atoms with Gasteiger partial charge in [-0.2, -0.15) is 0 Å². The second-order valence-electron chi connectivity index (χ2n) is 5.36. The summed E-state index contributed by atoms with van der Waals surface area (Å²) in [5.41, 5.74) is 3.44. The number of halogens is 1. The van der Waals surface area contributed by atoms with E-state index < -0.39 is 0 Å². The minimum Gasteiger partial charge on any atom is -0.485 e. The van der Waals surface area contributed by atoms with Gasteiger partial charge in [0.2, 0.25) is 0 Å². The van der Waals surface area contributed by atoms with Gasteiger partial charge in [0.1, 0.15) is 5.75 Å². The van der Waals surface area contributed by atoms with Crippen molar-refractivity contribution in [2.24, 2.45) is 0 Å². The third-order valence-corrected chi connectivity index (χ3v) is 4.11. The van der Waals surface area contributed by atoms with Crippen LogP contribution in [0.5, 0.6) is 5.75 Å². The first-order valence-electron chi connectivity index (χ1n) is 7.26. The van der Waals surface area contributed by atoms with Crippen LogP contribution in [-0.4, -0.2) is 12.4 Å².